The van der Waals surface area contributed by atoms with Crippen LogP contribution in [0.15, 0.2) is 22.7 Å². The number of alkyl carbamates (subject to hydrolysis) is 1. The van der Waals surface area contributed by atoms with Gasteiger partial charge in [0.15, 0.2) is 0 Å². The summed E-state index contributed by atoms with van der Waals surface area (Å²) in [4.78, 5) is 13.3. The van der Waals surface area contributed by atoms with Gasteiger partial charge in [-0.1, -0.05) is 15.9 Å². The molecule has 1 atom stereocenters. The molecule has 1 aromatic rings. The second-order valence-corrected chi connectivity index (χ2v) is 5.19. The first-order valence-electron chi connectivity index (χ1n) is 5.74. The summed E-state index contributed by atoms with van der Waals surface area (Å²) in [6.45, 7) is 1.62. The molecule has 1 fully saturated rings. The second kappa shape index (κ2) is 5.48. The molecular formula is C12H16BrN3O2. The summed E-state index contributed by atoms with van der Waals surface area (Å²) in [5.74, 6) is 0. The van der Waals surface area contributed by atoms with Gasteiger partial charge in [-0.2, -0.15) is 0 Å². The SMILES string of the molecule is COC(=O)NC1CCN(c2cc(Br)ccc2N)C1. The highest BCUT2D eigenvalue weighted by molar-refractivity contribution is 9.10. The Hall–Kier alpha value is -1.43. The van der Waals surface area contributed by atoms with Crippen LogP contribution in [-0.4, -0.2) is 32.3 Å². The van der Waals surface area contributed by atoms with Gasteiger partial charge in [-0.3, -0.25) is 0 Å². The van der Waals surface area contributed by atoms with Gasteiger partial charge in [0.05, 0.1) is 24.5 Å². The minimum absolute atomic E-state index is 0.107. The van der Waals surface area contributed by atoms with Crippen molar-refractivity contribution in [3.8, 4) is 0 Å². The predicted molar refractivity (Wildman–Crippen MR) is 74.7 cm³/mol. The summed E-state index contributed by atoms with van der Waals surface area (Å²) in [5, 5.41) is 2.81. The van der Waals surface area contributed by atoms with E-state index in [0.717, 1.165) is 35.4 Å². The minimum Gasteiger partial charge on any atom is -0.453 e. The molecule has 0 saturated carbocycles. The van der Waals surface area contributed by atoms with Crippen LogP contribution in [0.5, 0.6) is 0 Å². The highest BCUT2D eigenvalue weighted by atomic mass is 79.9. The Kier molecular flexibility index (Phi) is 3.96. The molecule has 1 unspecified atom stereocenters. The van der Waals surface area contributed by atoms with Crippen molar-refractivity contribution in [2.75, 3.05) is 30.8 Å². The molecule has 0 aromatic heterocycles. The number of hydrogen-bond donors (Lipinski definition) is 2. The summed E-state index contributed by atoms with van der Waals surface area (Å²) >= 11 is 3.44. The molecule has 3 N–H and O–H groups in total. The standard InChI is InChI=1S/C12H16BrN3O2/c1-18-12(17)15-9-4-5-16(7-9)11-6-8(13)2-3-10(11)14/h2-3,6,9H,4-5,7,14H2,1H3,(H,15,17). The zero-order valence-electron chi connectivity index (χ0n) is 10.1. The van der Waals surface area contributed by atoms with Gasteiger partial charge < -0.3 is 20.7 Å². The Morgan fingerprint density at radius 2 is 2.39 bits per heavy atom. The summed E-state index contributed by atoms with van der Waals surface area (Å²) in [7, 11) is 1.37. The number of amides is 1. The number of halogens is 1. The zero-order valence-corrected chi connectivity index (χ0v) is 11.7. The number of nitrogens with two attached hydrogens (primary N) is 1. The van der Waals surface area contributed by atoms with E-state index in [1.54, 1.807) is 0 Å². The number of carbonyl (C=O) groups excluding carboxylic acids is 1. The number of rotatable bonds is 2. The van der Waals surface area contributed by atoms with Gasteiger partial charge in [-0.25, -0.2) is 4.79 Å². The molecule has 18 heavy (non-hydrogen) atoms. The van der Waals surface area contributed by atoms with Gasteiger partial charge >= 0.3 is 6.09 Å². The Morgan fingerprint density at radius 3 is 3.11 bits per heavy atom. The molecule has 1 aromatic carbocycles. The molecule has 1 aliphatic rings. The van der Waals surface area contributed by atoms with E-state index < -0.39 is 0 Å². The highest BCUT2D eigenvalue weighted by Gasteiger charge is 2.25. The van der Waals surface area contributed by atoms with E-state index in [9.17, 15) is 4.79 Å². The van der Waals surface area contributed by atoms with E-state index in [-0.39, 0.29) is 12.1 Å². The number of nitrogens with one attached hydrogen (secondary N) is 1. The van der Waals surface area contributed by atoms with Gasteiger partial charge in [0.2, 0.25) is 0 Å². The second-order valence-electron chi connectivity index (χ2n) is 4.27. The first-order chi connectivity index (χ1) is 8.60. The number of hydrogen-bond acceptors (Lipinski definition) is 4. The van der Waals surface area contributed by atoms with Crippen LogP contribution in [0.4, 0.5) is 16.2 Å². The molecule has 0 radical (unpaired) electrons. The quantitative estimate of drug-likeness (QED) is 0.819. The lowest BCUT2D eigenvalue weighted by molar-refractivity contribution is 0.167. The molecule has 1 heterocycles. The van der Waals surface area contributed by atoms with Crippen molar-refractivity contribution in [3.05, 3.63) is 22.7 Å². The molecule has 98 valence electrons. The first-order valence-corrected chi connectivity index (χ1v) is 6.54. The normalized spacial score (nSPS) is 18.8. The summed E-state index contributed by atoms with van der Waals surface area (Å²) in [6, 6.07) is 5.89. The number of benzene rings is 1. The maximum Gasteiger partial charge on any atom is 0.407 e. The van der Waals surface area contributed by atoms with Crippen LogP contribution in [-0.2, 0) is 4.74 Å². The Bertz CT molecular complexity index is 453. The third-order valence-electron chi connectivity index (χ3n) is 3.03. The van der Waals surface area contributed by atoms with Crippen molar-refractivity contribution >= 4 is 33.4 Å². The van der Waals surface area contributed by atoms with Crippen LogP contribution in [0.3, 0.4) is 0 Å². The van der Waals surface area contributed by atoms with Gasteiger partial charge in [0.1, 0.15) is 0 Å². The van der Waals surface area contributed by atoms with Gasteiger partial charge in [0.25, 0.3) is 0 Å². The Labute approximate surface area is 114 Å². The average molecular weight is 314 g/mol. The molecule has 0 bridgehead atoms. The maximum atomic E-state index is 11.1. The van der Waals surface area contributed by atoms with Crippen molar-refractivity contribution in [3.63, 3.8) is 0 Å². The number of methoxy groups -OCH3 is 1. The van der Waals surface area contributed by atoms with E-state index in [1.807, 2.05) is 18.2 Å². The number of nitrogen functional groups attached to an aromatic ring is 1. The van der Waals surface area contributed by atoms with Crippen LogP contribution >= 0.6 is 15.9 Å². The lowest BCUT2D eigenvalue weighted by atomic mass is 10.2. The van der Waals surface area contributed by atoms with Crippen molar-refractivity contribution < 1.29 is 9.53 Å². The first kappa shape index (κ1) is 13.0. The lowest BCUT2D eigenvalue weighted by Gasteiger charge is -2.21. The summed E-state index contributed by atoms with van der Waals surface area (Å²) < 4.78 is 5.59. The number of nitrogens with zero attached hydrogens (tertiary/aromatic N) is 1. The van der Waals surface area contributed by atoms with Crippen LogP contribution < -0.4 is 16.0 Å². The maximum absolute atomic E-state index is 11.1. The van der Waals surface area contributed by atoms with Gasteiger partial charge in [0, 0.05) is 17.6 Å². The van der Waals surface area contributed by atoms with E-state index >= 15 is 0 Å². The predicted octanol–water partition coefficient (Wildman–Crippen LogP) is 1.97. The van der Waals surface area contributed by atoms with Crippen molar-refractivity contribution in [1.82, 2.24) is 5.32 Å². The molecule has 1 amide bonds. The monoisotopic (exact) mass is 313 g/mol. The van der Waals surface area contributed by atoms with Gasteiger partial charge in [-0.15, -0.1) is 0 Å². The highest BCUT2D eigenvalue weighted by Crippen LogP contribution is 2.29. The molecule has 6 heteroatoms. The Morgan fingerprint density at radius 1 is 1.61 bits per heavy atom. The van der Waals surface area contributed by atoms with Crippen LogP contribution in [0, 0.1) is 0 Å². The van der Waals surface area contributed by atoms with Crippen LogP contribution in [0.25, 0.3) is 0 Å². The third kappa shape index (κ3) is 2.87. The molecule has 1 aliphatic heterocycles. The lowest BCUT2D eigenvalue weighted by Crippen LogP contribution is -2.37. The van der Waals surface area contributed by atoms with E-state index in [4.69, 9.17) is 5.73 Å². The molecule has 2 rings (SSSR count). The third-order valence-corrected chi connectivity index (χ3v) is 3.52. The zero-order chi connectivity index (χ0) is 13.1. The smallest absolute Gasteiger partial charge is 0.407 e. The average Bonchev–Trinajstić information content (AvgIpc) is 2.80. The number of ether oxygens (including phenoxy) is 1. The molecule has 0 spiro atoms. The van der Waals surface area contributed by atoms with E-state index in [0.29, 0.717) is 0 Å². The van der Waals surface area contributed by atoms with Crippen LogP contribution in [0.1, 0.15) is 6.42 Å². The largest absolute Gasteiger partial charge is 0.453 e. The van der Waals surface area contributed by atoms with E-state index in [2.05, 4.69) is 30.9 Å². The molecule has 1 saturated heterocycles. The van der Waals surface area contributed by atoms with Crippen molar-refractivity contribution in [2.45, 2.75) is 12.5 Å². The fraction of sp³-hybridized carbons (Fsp3) is 0.417. The Balaban J connectivity index is 2.04. The summed E-state index contributed by atoms with van der Waals surface area (Å²) in [6.07, 6.45) is 0.505. The fourth-order valence-electron chi connectivity index (χ4n) is 2.11. The fourth-order valence-corrected chi connectivity index (χ4v) is 2.46. The topological polar surface area (TPSA) is 67.6 Å². The van der Waals surface area contributed by atoms with Crippen LogP contribution in [0.2, 0.25) is 0 Å². The van der Waals surface area contributed by atoms with E-state index in [1.165, 1.54) is 7.11 Å². The van der Waals surface area contributed by atoms with Crippen molar-refractivity contribution in [2.24, 2.45) is 0 Å². The molecule has 0 aliphatic carbocycles. The van der Waals surface area contributed by atoms with Gasteiger partial charge in [-0.05, 0) is 24.6 Å². The molecular weight excluding hydrogens is 298 g/mol. The number of carbonyl (C=O) groups is 1. The van der Waals surface area contributed by atoms with Crippen molar-refractivity contribution in [1.29, 1.82) is 0 Å². The number of anilines is 2. The molecule has 5 nitrogen and oxygen atoms in total. The summed E-state index contributed by atoms with van der Waals surface area (Å²) in [5.41, 5.74) is 7.71. The minimum atomic E-state index is -0.385.